The molecule has 0 fully saturated rings. The van der Waals surface area contributed by atoms with E-state index in [4.69, 9.17) is 0 Å². The Hall–Kier alpha value is -2.60. The van der Waals surface area contributed by atoms with Gasteiger partial charge in [0.1, 0.15) is 0 Å². The number of aryl methyl sites for hydroxylation is 1. The molecule has 1 amide bonds. The molecule has 0 aliphatic heterocycles. The third-order valence-electron chi connectivity index (χ3n) is 5.59. The Kier molecular flexibility index (Phi) is 7.32. The van der Waals surface area contributed by atoms with Crippen LogP contribution in [0.4, 0.5) is 5.69 Å². The fourth-order valence-electron chi connectivity index (χ4n) is 3.76. The summed E-state index contributed by atoms with van der Waals surface area (Å²) in [5.41, 5.74) is 5.81. The Morgan fingerprint density at radius 2 is 2.03 bits per heavy atom. The highest BCUT2D eigenvalue weighted by atomic mass is 16.1. The summed E-state index contributed by atoms with van der Waals surface area (Å²) in [4.78, 5) is 17.8. The van der Waals surface area contributed by atoms with E-state index in [2.05, 4.69) is 66.4 Å². The maximum atomic E-state index is 11.9. The highest BCUT2D eigenvalue weighted by molar-refractivity contribution is 5.95. The number of hydrogen-bond acceptors (Lipinski definition) is 3. The van der Waals surface area contributed by atoms with E-state index in [0.717, 1.165) is 43.6 Å². The first-order valence-electron chi connectivity index (χ1n) is 11.0. The number of aromatic amines is 1. The van der Waals surface area contributed by atoms with Gasteiger partial charge in [-0.1, -0.05) is 6.92 Å². The average Bonchev–Trinajstić information content (AvgIpc) is 3.29. The van der Waals surface area contributed by atoms with Crippen LogP contribution in [-0.2, 0) is 17.6 Å². The van der Waals surface area contributed by atoms with Crippen molar-refractivity contribution >= 4 is 22.5 Å². The summed E-state index contributed by atoms with van der Waals surface area (Å²) in [6, 6.07) is 6.53. The van der Waals surface area contributed by atoms with Gasteiger partial charge in [-0.05, 0) is 76.4 Å². The van der Waals surface area contributed by atoms with Gasteiger partial charge in [-0.2, -0.15) is 5.10 Å². The number of nitrogens with one attached hydrogen (secondary N) is 2. The van der Waals surface area contributed by atoms with Crippen molar-refractivity contribution in [2.24, 2.45) is 0 Å². The zero-order valence-electron chi connectivity index (χ0n) is 19.0. The van der Waals surface area contributed by atoms with E-state index in [1.807, 2.05) is 23.9 Å². The summed E-state index contributed by atoms with van der Waals surface area (Å²) in [6.07, 6.45) is 7.51. The number of benzene rings is 1. The largest absolute Gasteiger partial charge is 0.358 e. The van der Waals surface area contributed by atoms with Crippen LogP contribution < -0.4 is 5.32 Å². The normalized spacial score (nSPS) is 11.7. The molecule has 6 nitrogen and oxygen atoms in total. The fraction of sp³-hybridized carbons (Fsp3) is 0.500. The lowest BCUT2D eigenvalue weighted by molar-refractivity contribution is -0.116. The number of anilines is 1. The SMILES string of the molecule is CCCC(=O)Nc1ccc2[nH]c(C)c(CCN(C)CCc3cnn(C(C)C)c3)c2c1. The molecule has 0 aliphatic carbocycles. The average molecular weight is 410 g/mol. The van der Waals surface area contributed by atoms with E-state index in [-0.39, 0.29) is 5.91 Å². The van der Waals surface area contributed by atoms with Crippen LogP contribution in [0.25, 0.3) is 10.9 Å². The molecular weight excluding hydrogens is 374 g/mol. The van der Waals surface area contributed by atoms with Gasteiger partial charge in [0.2, 0.25) is 5.91 Å². The van der Waals surface area contributed by atoms with E-state index in [1.54, 1.807) is 0 Å². The number of rotatable bonds is 10. The van der Waals surface area contributed by atoms with Crippen LogP contribution in [0.15, 0.2) is 30.6 Å². The molecule has 0 bridgehead atoms. The lowest BCUT2D eigenvalue weighted by atomic mass is 10.1. The van der Waals surface area contributed by atoms with Crippen molar-refractivity contribution in [1.29, 1.82) is 0 Å². The van der Waals surface area contributed by atoms with Crippen molar-refractivity contribution in [2.45, 2.75) is 59.4 Å². The number of hydrogen-bond donors (Lipinski definition) is 2. The van der Waals surface area contributed by atoms with Crippen LogP contribution >= 0.6 is 0 Å². The van der Waals surface area contributed by atoms with Crippen LogP contribution in [0.3, 0.4) is 0 Å². The first kappa shape index (κ1) is 22.1. The Bertz CT molecular complexity index is 985. The molecule has 0 spiro atoms. The van der Waals surface area contributed by atoms with E-state index < -0.39 is 0 Å². The molecular formula is C24H35N5O. The van der Waals surface area contributed by atoms with Crippen LogP contribution in [0.2, 0.25) is 0 Å². The van der Waals surface area contributed by atoms with Crippen LogP contribution in [-0.4, -0.2) is 45.7 Å². The summed E-state index contributed by atoms with van der Waals surface area (Å²) in [5.74, 6) is 0.0752. The summed E-state index contributed by atoms with van der Waals surface area (Å²) < 4.78 is 2.02. The number of H-pyrrole nitrogens is 1. The van der Waals surface area contributed by atoms with E-state index >= 15 is 0 Å². The molecule has 0 saturated carbocycles. The second-order valence-corrected chi connectivity index (χ2v) is 8.51. The lowest BCUT2D eigenvalue weighted by Crippen LogP contribution is -2.23. The van der Waals surface area contributed by atoms with Gasteiger partial charge in [0, 0.05) is 54.0 Å². The monoisotopic (exact) mass is 409 g/mol. The van der Waals surface area contributed by atoms with Crippen molar-refractivity contribution in [3.05, 3.63) is 47.4 Å². The highest BCUT2D eigenvalue weighted by Crippen LogP contribution is 2.26. The molecule has 0 atom stereocenters. The van der Waals surface area contributed by atoms with E-state index in [9.17, 15) is 4.79 Å². The maximum absolute atomic E-state index is 11.9. The van der Waals surface area contributed by atoms with E-state index in [1.165, 1.54) is 22.2 Å². The molecule has 1 aromatic carbocycles. The van der Waals surface area contributed by atoms with Gasteiger partial charge in [0.05, 0.1) is 6.20 Å². The molecule has 0 radical (unpaired) electrons. The van der Waals surface area contributed by atoms with Crippen molar-refractivity contribution in [3.8, 4) is 0 Å². The van der Waals surface area contributed by atoms with Gasteiger partial charge in [-0.25, -0.2) is 0 Å². The van der Waals surface area contributed by atoms with Gasteiger partial charge in [-0.15, -0.1) is 0 Å². The number of fused-ring (bicyclic) bond motifs is 1. The molecule has 162 valence electrons. The quantitative estimate of drug-likeness (QED) is 0.510. The third kappa shape index (κ3) is 5.51. The molecule has 6 heteroatoms. The second kappa shape index (κ2) is 9.94. The zero-order chi connectivity index (χ0) is 21.7. The van der Waals surface area contributed by atoms with Gasteiger partial charge in [0.25, 0.3) is 0 Å². The minimum atomic E-state index is 0.0752. The van der Waals surface area contributed by atoms with Gasteiger partial charge in [-0.3, -0.25) is 9.48 Å². The summed E-state index contributed by atoms with van der Waals surface area (Å²) in [7, 11) is 2.17. The topological polar surface area (TPSA) is 66.0 Å². The highest BCUT2D eigenvalue weighted by Gasteiger charge is 2.12. The zero-order valence-corrected chi connectivity index (χ0v) is 19.0. The second-order valence-electron chi connectivity index (χ2n) is 8.51. The minimum absolute atomic E-state index is 0.0752. The maximum Gasteiger partial charge on any atom is 0.224 e. The van der Waals surface area contributed by atoms with Crippen LogP contribution in [0.5, 0.6) is 0 Å². The summed E-state index contributed by atoms with van der Waals surface area (Å²) >= 11 is 0. The molecule has 2 heterocycles. The Balaban J connectivity index is 1.61. The lowest BCUT2D eigenvalue weighted by Gasteiger charge is -2.16. The Morgan fingerprint density at radius 1 is 1.27 bits per heavy atom. The van der Waals surface area contributed by atoms with Gasteiger partial charge in [0.15, 0.2) is 0 Å². The predicted octanol–water partition coefficient (Wildman–Crippen LogP) is 4.71. The number of amides is 1. The van der Waals surface area contributed by atoms with Gasteiger partial charge >= 0.3 is 0 Å². The number of likely N-dealkylation sites (N-methyl/N-ethyl adjacent to an activating group) is 1. The number of carbonyl (C=O) groups is 1. The molecule has 2 aromatic heterocycles. The van der Waals surface area contributed by atoms with Crippen LogP contribution in [0.1, 0.15) is 56.5 Å². The number of nitrogens with zero attached hydrogens (tertiary/aromatic N) is 3. The molecule has 0 aliphatic rings. The molecule has 2 N–H and O–H groups in total. The summed E-state index contributed by atoms with van der Waals surface area (Å²) in [5, 5.41) is 8.65. The molecule has 0 saturated heterocycles. The first-order valence-corrected chi connectivity index (χ1v) is 11.0. The van der Waals surface area contributed by atoms with Crippen molar-refractivity contribution in [3.63, 3.8) is 0 Å². The standard InChI is InChI=1S/C24H35N5O/c1-6-7-24(30)27-20-8-9-23-22(14-20)21(18(4)26-23)11-13-28(5)12-10-19-15-25-29(16-19)17(2)3/h8-9,14-17,26H,6-7,10-13H2,1-5H3,(H,27,30). The molecule has 0 unspecified atom stereocenters. The summed E-state index contributed by atoms with van der Waals surface area (Å²) in [6.45, 7) is 10.4. The Labute approximate surface area is 179 Å². The third-order valence-corrected chi connectivity index (χ3v) is 5.59. The van der Waals surface area contributed by atoms with Crippen molar-refractivity contribution in [2.75, 3.05) is 25.5 Å². The smallest absolute Gasteiger partial charge is 0.224 e. The molecule has 3 aromatic rings. The van der Waals surface area contributed by atoms with Crippen molar-refractivity contribution in [1.82, 2.24) is 19.7 Å². The van der Waals surface area contributed by atoms with E-state index in [0.29, 0.717) is 12.5 Å². The minimum Gasteiger partial charge on any atom is -0.358 e. The fourth-order valence-corrected chi connectivity index (χ4v) is 3.76. The molecule has 3 rings (SSSR count). The predicted molar refractivity (Wildman–Crippen MR) is 124 cm³/mol. The Morgan fingerprint density at radius 3 is 2.73 bits per heavy atom. The van der Waals surface area contributed by atoms with Crippen molar-refractivity contribution < 1.29 is 4.79 Å². The number of carbonyl (C=O) groups excluding carboxylic acids is 1. The first-order chi connectivity index (χ1) is 14.4. The molecule has 30 heavy (non-hydrogen) atoms. The number of aromatic nitrogens is 3. The van der Waals surface area contributed by atoms with Crippen LogP contribution in [0, 0.1) is 6.92 Å². The van der Waals surface area contributed by atoms with Gasteiger partial charge < -0.3 is 15.2 Å².